The summed E-state index contributed by atoms with van der Waals surface area (Å²) in [4.78, 5) is 15.5. The van der Waals surface area contributed by atoms with Crippen LogP contribution in [0.1, 0.15) is 52.4 Å². The molecule has 1 N–H and O–H groups in total. The molecular formula is C17H28N2O. The van der Waals surface area contributed by atoms with Crippen molar-refractivity contribution in [1.82, 2.24) is 10.2 Å². The molecule has 1 amide bonds. The van der Waals surface area contributed by atoms with Crippen LogP contribution in [0.25, 0.3) is 0 Å². The summed E-state index contributed by atoms with van der Waals surface area (Å²) in [7, 11) is 0. The van der Waals surface area contributed by atoms with Crippen molar-refractivity contribution in [1.29, 1.82) is 0 Å². The topological polar surface area (TPSA) is 32.3 Å². The third-order valence-corrected chi connectivity index (χ3v) is 6.61. The van der Waals surface area contributed by atoms with Gasteiger partial charge in [-0.3, -0.25) is 4.79 Å². The molecule has 0 aromatic rings. The molecule has 2 atom stereocenters. The number of rotatable bonds is 3. The number of carbonyl (C=O) groups excluding carboxylic acids is 1. The van der Waals surface area contributed by atoms with Crippen LogP contribution in [0.3, 0.4) is 0 Å². The summed E-state index contributed by atoms with van der Waals surface area (Å²) in [6.07, 6.45) is 7.72. The quantitative estimate of drug-likeness (QED) is 0.858. The van der Waals surface area contributed by atoms with Crippen molar-refractivity contribution >= 4 is 5.91 Å². The largest absolute Gasteiger partial charge is 0.337 e. The van der Waals surface area contributed by atoms with E-state index >= 15 is 0 Å². The van der Waals surface area contributed by atoms with Gasteiger partial charge < -0.3 is 10.2 Å². The van der Waals surface area contributed by atoms with Crippen LogP contribution >= 0.6 is 0 Å². The lowest BCUT2D eigenvalue weighted by atomic mass is 9.44. The van der Waals surface area contributed by atoms with Gasteiger partial charge in [-0.2, -0.15) is 0 Å². The Balaban J connectivity index is 1.61. The minimum absolute atomic E-state index is 0.0183. The maximum absolute atomic E-state index is 13.3. The standard InChI is InChI=1S/C17H28N2O/c1-3-19(14-9-18-10-14)15(20)17-7-12-4-13(8-17)6-16(2,5-12)11-17/h12-14,18H,3-11H2,1-2H3. The summed E-state index contributed by atoms with van der Waals surface area (Å²) < 4.78 is 0. The second-order valence-corrected chi connectivity index (χ2v) is 8.46. The van der Waals surface area contributed by atoms with E-state index in [1.807, 2.05) is 0 Å². The first-order valence-electron chi connectivity index (χ1n) is 8.55. The molecule has 0 spiro atoms. The maximum Gasteiger partial charge on any atom is 0.229 e. The highest BCUT2D eigenvalue weighted by molar-refractivity contribution is 5.84. The average molecular weight is 276 g/mol. The van der Waals surface area contributed by atoms with Crippen LogP contribution in [0.2, 0.25) is 0 Å². The third kappa shape index (κ3) is 1.78. The molecule has 0 radical (unpaired) electrons. The zero-order valence-corrected chi connectivity index (χ0v) is 13.0. The lowest BCUT2D eigenvalue weighted by molar-refractivity contribution is -0.169. The van der Waals surface area contributed by atoms with E-state index in [4.69, 9.17) is 0 Å². The van der Waals surface area contributed by atoms with Crippen molar-refractivity contribution in [3.63, 3.8) is 0 Å². The van der Waals surface area contributed by atoms with Gasteiger partial charge in [-0.05, 0) is 62.7 Å². The van der Waals surface area contributed by atoms with Gasteiger partial charge in [0.15, 0.2) is 0 Å². The molecule has 5 rings (SSSR count). The highest BCUT2D eigenvalue weighted by Crippen LogP contribution is 2.65. The first-order valence-corrected chi connectivity index (χ1v) is 8.55. The van der Waals surface area contributed by atoms with E-state index in [1.165, 1.54) is 38.5 Å². The molecule has 0 aromatic heterocycles. The second-order valence-electron chi connectivity index (χ2n) is 8.46. The summed E-state index contributed by atoms with van der Waals surface area (Å²) in [5.74, 6) is 2.18. The van der Waals surface area contributed by atoms with Gasteiger partial charge in [0.1, 0.15) is 0 Å². The maximum atomic E-state index is 13.3. The van der Waals surface area contributed by atoms with Gasteiger partial charge in [0.05, 0.1) is 11.5 Å². The predicted octanol–water partition coefficient (Wildman–Crippen LogP) is 2.41. The van der Waals surface area contributed by atoms with Gasteiger partial charge >= 0.3 is 0 Å². The zero-order valence-electron chi connectivity index (χ0n) is 13.0. The molecule has 1 aliphatic heterocycles. The van der Waals surface area contributed by atoms with E-state index in [0.29, 0.717) is 17.4 Å². The second kappa shape index (κ2) is 4.22. The minimum Gasteiger partial charge on any atom is -0.337 e. The average Bonchev–Trinajstić information content (AvgIpc) is 2.29. The molecule has 2 unspecified atom stereocenters. The van der Waals surface area contributed by atoms with Crippen molar-refractivity contribution in [2.75, 3.05) is 19.6 Å². The van der Waals surface area contributed by atoms with Crippen LogP contribution in [0.4, 0.5) is 0 Å². The smallest absolute Gasteiger partial charge is 0.229 e. The molecule has 4 aliphatic carbocycles. The van der Waals surface area contributed by atoms with Gasteiger partial charge in [-0.1, -0.05) is 6.92 Å². The first kappa shape index (κ1) is 13.1. The molecule has 3 nitrogen and oxygen atoms in total. The molecule has 1 heterocycles. The molecule has 5 fully saturated rings. The molecule has 20 heavy (non-hydrogen) atoms. The fraction of sp³-hybridized carbons (Fsp3) is 0.941. The molecule has 5 aliphatic rings. The molecule has 112 valence electrons. The van der Waals surface area contributed by atoms with E-state index < -0.39 is 0 Å². The van der Waals surface area contributed by atoms with Crippen LogP contribution in [-0.4, -0.2) is 36.5 Å². The Hall–Kier alpha value is -0.570. The van der Waals surface area contributed by atoms with E-state index in [9.17, 15) is 4.79 Å². The van der Waals surface area contributed by atoms with E-state index in [2.05, 4.69) is 24.1 Å². The normalized spacial score (nSPS) is 46.3. The third-order valence-electron chi connectivity index (χ3n) is 6.61. The highest BCUT2D eigenvalue weighted by Gasteiger charge is 2.59. The fourth-order valence-electron chi connectivity index (χ4n) is 6.34. The summed E-state index contributed by atoms with van der Waals surface area (Å²) >= 11 is 0. The minimum atomic E-state index is 0.0183. The lowest BCUT2D eigenvalue weighted by Crippen LogP contribution is -2.64. The Bertz CT molecular complexity index is 415. The van der Waals surface area contributed by atoms with Crippen LogP contribution in [0, 0.1) is 22.7 Å². The van der Waals surface area contributed by atoms with Crippen molar-refractivity contribution in [2.45, 2.75) is 58.4 Å². The van der Waals surface area contributed by atoms with Crippen LogP contribution in [-0.2, 0) is 4.79 Å². The SMILES string of the molecule is CCN(C(=O)C12CC3CC(CC(C)(C3)C1)C2)C1CNC1. The van der Waals surface area contributed by atoms with Gasteiger partial charge in [0.25, 0.3) is 0 Å². The summed E-state index contributed by atoms with van der Waals surface area (Å²) in [5, 5.41) is 3.32. The fourth-order valence-corrected chi connectivity index (χ4v) is 6.34. The monoisotopic (exact) mass is 276 g/mol. The van der Waals surface area contributed by atoms with Gasteiger partial charge in [0, 0.05) is 19.6 Å². The van der Waals surface area contributed by atoms with Crippen molar-refractivity contribution in [2.24, 2.45) is 22.7 Å². The molecule has 3 heteroatoms. The molecule has 4 saturated carbocycles. The molecule has 4 bridgehead atoms. The first-order chi connectivity index (χ1) is 9.54. The van der Waals surface area contributed by atoms with Gasteiger partial charge in [0.2, 0.25) is 5.91 Å². The number of nitrogens with zero attached hydrogens (tertiary/aromatic N) is 1. The highest BCUT2D eigenvalue weighted by atomic mass is 16.2. The number of likely N-dealkylation sites (N-methyl/N-ethyl adjacent to an activating group) is 1. The number of amides is 1. The summed E-state index contributed by atoms with van der Waals surface area (Å²) in [6, 6.07) is 0.466. The van der Waals surface area contributed by atoms with Crippen molar-refractivity contribution in [3.8, 4) is 0 Å². The number of hydrogen-bond acceptors (Lipinski definition) is 2. The van der Waals surface area contributed by atoms with Crippen molar-refractivity contribution in [3.05, 3.63) is 0 Å². The summed E-state index contributed by atoms with van der Waals surface area (Å²) in [6.45, 7) is 7.49. The predicted molar refractivity (Wildman–Crippen MR) is 79.3 cm³/mol. The van der Waals surface area contributed by atoms with E-state index in [-0.39, 0.29) is 5.41 Å². The number of carbonyl (C=O) groups is 1. The van der Waals surface area contributed by atoms with Gasteiger partial charge in [-0.15, -0.1) is 0 Å². The van der Waals surface area contributed by atoms with Gasteiger partial charge in [-0.25, -0.2) is 0 Å². The van der Waals surface area contributed by atoms with Crippen molar-refractivity contribution < 1.29 is 4.79 Å². The Kier molecular flexibility index (Phi) is 2.77. The Morgan fingerprint density at radius 3 is 2.30 bits per heavy atom. The zero-order chi connectivity index (χ0) is 14.0. The van der Waals surface area contributed by atoms with Crippen LogP contribution in [0.5, 0.6) is 0 Å². The van der Waals surface area contributed by atoms with Crippen LogP contribution in [0.15, 0.2) is 0 Å². The van der Waals surface area contributed by atoms with E-state index in [1.54, 1.807) is 0 Å². The number of hydrogen-bond donors (Lipinski definition) is 1. The summed E-state index contributed by atoms with van der Waals surface area (Å²) in [5.41, 5.74) is 0.488. The Morgan fingerprint density at radius 2 is 1.85 bits per heavy atom. The Labute approximate surface area is 122 Å². The van der Waals surface area contributed by atoms with E-state index in [0.717, 1.165) is 31.5 Å². The number of nitrogens with one attached hydrogen (secondary N) is 1. The molecular weight excluding hydrogens is 248 g/mol. The Morgan fingerprint density at radius 1 is 1.20 bits per heavy atom. The molecule has 1 saturated heterocycles. The molecule has 0 aromatic carbocycles. The van der Waals surface area contributed by atoms with Crippen LogP contribution < -0.4 is 5.32 Å². The lowest BCUT2D eigenvalue weighted by Gasteiger charge is -2.61.